The van der Waals surface area contributed by atoms with Gasteiger partial charge in [-0.3, -0.25) is 0 Å². The van der Waals surface area contributed by atoms with Crippen LogP contribution in [0.25, 0.3) is 0 Å². The van der Waals surface area contributed by atoms with Crippen molar-refractivity contribution in [2.75, 3.05) is 5.32 Å². The summed E-state index contributed by atoms with van der Waals surface area (Å²) >= 11 is 3.49. The van der Waals surface area contributed by atoms with Crippen LogP contribution in [0.5, 0.6) is 0 Å². The molecule has 20 heavy (non-hydrogen) atoms. The third-order valence-corrected chi connectivity index (χ3v) is 4.54. The van der Waals surface area contributed by atoms with Gasteiger partial charge in [0.1, 0.15) is 6.07 Å². The van der Waals surface area contributed by atoms with E-state index in [1.165, 1.54) is 32.1 Å². The van der Waals surface area contributed by atoms with E-state index in [9.17, 15) is 5.26 Å². The number of nitriles is 1. The number of hydrogen-bond acceptors (Lipinski definition) is 2. The summed E-state index contributed by atoms with van der Waals surface area (Å²) in [7, 11) is 0. The van der Waals surface area contributed by atoms with E-state index in [1.54, 1.807) is 0 Å². The monoisotopic (exact) mass is 334 g/mol. The van der Waals surface area contributed by atoms with Gasteiger partial charge in [0.15, 0.2) is 0 Å². The van der Waals surface area contributed by atoms with E-state index in [4.69, 9.17) is 0 Å². The van der Waals surface area contributed by atoms with Crippen LogP contribution in [0.2, 0.25) is 0 Å². The Kier molecular flexibility index (Phi) is 5.48. The molecule has 1 aliphatic carbocycles. The summed E-state index contributed by atoms with van der Waals surface area (Å²) in [4.78, 5) is 0. The number of nitrogens with zero attached hydrogens (tertiary/aromatic N) is 1. The van der Waals surface area contributed by atoms with Gasteiger partial charge in [-0.2, -0.15) is 5.26 Å². The Bertz CT molecular complexity index is 490. The van der Waals surface area contributed by atoms with E-state index in [1.807, 2.05) is 18.2 Å². The van der Waals surface area contributed by atoms with Crippen LogP contribution in [0.15, 0.2) is 22.7 Å². The molecule has 0 amide bonds. The minimum absolute atomic E-state index is 0.508. The predicted octanol–water partition coefficient (Wildman–Crippen LogP) is 5.34. The summed E-state index contributed by atoms with van der Waals surface area (Å²) < 4.78 is 1.02. The molecular weight excluding hydrogens is 312 g/mol. The van der Waals surface area contributed by atoms with Gasteiger partial charge in [0.2, 0.25) is 0 Å². The average molecular weight is 335 g/mol. The maximum Gasteiger partial charge on any atom is 0.101 e. The lowest BCUT2D eigenvalue weighted by molar-refractivity contribution is 0.289. The lowest BCUT2D eigenvalue weighted by atomic mass is 9.81. The van der Waals surface area contributed by atoms with E-state index in [0.29, 0.717) is 6.04 Å². The fourth-order valence-electron chi connectivity index (χ4n) is 3.26. The molecule has 0 heterocycles. The van der Waals surface area contributed by atoms with Gasteiger partial charge in [-0.05, 0) is 49.3 Å². The molecule has 1 aliphatic rings. The first-order valence-corrected chi connectivity index (χ1v) is 8.34. The zero-order chi connectivity index (χ0) is 14.5. The van der Waals surface area contributed by atoms with Gasteiger partial charge < -0.3 is 5.32 Å². The molecule has 2 atom stereocenters. The number of hydrogen-bond donors (Lipinski definition) is 1. The maximum absolute atomic E-state index is 9.20. The highest BCUT2D eigenvalue weighted by Crippen LogP contribution is 2.32. The first-order chi connectivity index (χ1) is 9.58. The summed E-state index contributed by atoms with van der Waals surface area (Å²) in [5.41, 5.74) is 1.70. The van der Waals surface area contributed by atoms with Crippen LogP contribution in [-0.2, 0) is 0 Å². The second-order valence-corrected chi connectivity index (χ2v) is 7.22. The normalized spacial score (nSPS) is 22.6. The van der Waals surface area contributed by atoms with Crippen LogP contribution >= 0.6 is 15.9 Å². The van der Waals surface area contributed by atoms with Gasteiger partial charge in [0, 0.05) is 10.5 Å². The molecule has 1 saturated carbocycles. The zero-order valence-electron chi connectivity index (χ0n) is 12.3. The summed E-state index contributed by atoms with van der Waals surface area (Å²) in [6.45, 7) is 4.61. The smallest absolute Gasteiger partial charge is 0.101 e. The molecule has 0 spiro atoms. The topological polar surface area (TPSA) is 35.8 Å². The van der Waals surface area contributed by atoms with Gasteiger partial charge in [0.25, 0.3) is 0 Å². The molecule has 1 N–H and O–H groups in total. The van der Waals surface area contributed by atoms with Gasteiger partial charge >= 0.3 is 0 Å². The molecule has 1 fully saturated rings. The van der Waals surface area contributed by atoms with Gasteiger partial charge in [0.05, 0.1) is 11.3 Å². The highest BCUT2D eigenvalue weighted by atomic mass is 79.9. The molecule has 1 aromatic carbocycles. The van der Waals surface area contributed by atoms with E-state index in [0.717, 1.165) is 27.6 Å². The zero-order valence-corrected chi connectivity index (χ0v) is 13.9. The third-order valence-electron chi connectivity index (χ3n) is 4.05. The summed E-state index contributed by atoms with van der Waals surface area (Å²) in [6.07, 6.45) is 6.42. The highest BCUT2D eigenvalue weighted by molar-refractivity contribution is 9.10. The SMILES string of the molecule is CC(C)CC1CCCC(Nc2cc(Br)ccc2C#N)C1. The fourth-order valence-corrected chi connectivity index (χ4v) is 3.62. The summed E-state index contributed by atoms with van der Waals surface area (Å²) in [5.74, 6) is 1.61. The number of anilines is 1. The average Bonchev–Trinajstić information content (AvgIpc) is 2.38. The maximum atomic E-state index is 9.20. The van der Waals surface area contributed by atoms with Crippen molar-refractivity contribution in [2.24, 2.45) is 11.8 Å². The Balaban J connectivity index is 2.02. The number of rotatable bonds is 4. The Morgan fingerprint density at radius 3 is 2.90 bits per heavy atom. The third kappa shape index (κ3) is 4.24. The van der Waals surface area contributed by atoms with E-state index < -0.39 is 0 Å². The quantitative estimate of drug-likeness (QED) is 0.806. The number of nitrogens with one attached hydrogen (secondary N) is 1. The van der Waals surface area contributed by atoms with Crippen molar-refractivity contribution < 1.29 is 0 Å². The molecule has 0 aromatic heterocycles. The predicted molar refractivity (Wildman–Crippen MR) is 87.7 cm³/mol. The van der Waals surface area contributed by atoms with Crippen LogP contribution in [0.1, 0.15) is 51.5 Å². The Morgan fingerprint density at radius 2 is 2.20 bits per heavy atom. The van der Waals surface area contributed by atoms with Crippen molar-refractivity contribution in [3.8, 4) is 6.07 Å². The van der Waals surface area contributed by atoms with Crippen molar-refractivity contribution in [3.63, 3.8) is 0 Å². The molecule has 3 heteroatoms. The van der Waals surface area contributed by atoms with E-state index >= 15 is 0 Å². The molecule has 1 aromatic rings. The lowest BCUT2D eigenvalue weighted by Crippen LogP contribution is -2.28. The van der Waals surface area contributed by atoms with E-state index in [-0.39, 0.29) is 0 Å². The second kappa shape index (κ2) is 7.13. The standard InChI is InChI=1S/C17H23BrN2/c1-12(2)8-13-4-3-5-16(9-13)20-17-10-15(18)7-6-14(17)11-19/h6-7,10,12-13,16,20H,3-5,8-9H2,1-2H3. The molecule has 2 nitrogen and oxygen atoms in total. The molecular formula is C17H23BrN2. The number of halogens is 1. The van der Waals surface area contributed by atoms with Gasteiger partial charge in [-0.15, -0.1) is 0 Å². The minimum Gasteiger partial charge on any atom is -0.381 e. The molecule has 0 aliphatic heterocycles. The Hall–Kier alpha value is -1.01. The molecule has 2 unspecified atom stereocenters. The first kappa shape index (κ1) is 15.4. The van der Waals surface area contributed by atoms with Gasteiger partial charge in [-0.1, -0.05) is 42.6 Å². The van der Waals surface area contributed by atoms with Crippen molar-refractivity contribution >= 4 is 21.6 Å². The lowest BCUT2D eigenvalue weighted by Gasteiger charge is -2.31. The molecule has 2 rings (SSSR count). The van der Waals surface area contributed by atoms with Crippen molar-refractivity contribution in [1.29, 1.82) is 5.26 Å². The second-order valence-electron chi connectivity index (χ2n) is 6.31. The molecule has 0 radical (unpaired) electrons. The van der Waals surface area contributed by atoms with E-state index in [2.05, 4.69) is 41.2 Å². The summed E-state index contributed by atoms with van der Waals surface area (Å²) in [5, 5.41) is 12.8. The van der Waals surface area contributed by atoms with Gasteiger partial charge in [-0.25, -0.2) is 0 Å². The molecule has 0 bridgehead atoms. The van der Waals surface area contributed by atoms with Crippen LogP contribution in [0, 0.1) is 23.2 Å². The largest absolute Gasteiger partial charge is 0.381 e. The number of benzene rings is 1. The Labute approximate surface area is 130 Å². The minimum atomic E-state index is 0.508. The summed E-state index contributed by atoms with van der Waals surface area (Å²) in [6, 6.07) is 8.60. The first-order valence-electron chi connectivity index (χ1n) is 7.54. The molecule has 0 saturated heterocycles. The fraction of sp³-hybridized carbons (Fsp3) is 0.588. The van der Waals surface area contributed by atoms with Crippen LogP contribution in [-0.4, -0.2) is 6.04 Å². The van der Waals surface area contributed by atoms with Crippen LogP contribution < -0.4 is 5.32 Å². The van der Waals surface area contributed by atoms with Crippen LogP contribution in [0.4, 0.5) is 5.69 Å². The van der Waals surface area contributed by atoms with Crippen molar-refractivity contribution in [3.05, 3.63) is 28.2 Å². The highest BCUT2D eigenvalue weighted by Gasteiger charge is 2.23. The van der Waals surface area contributed by atoms with Crippen molar-refractivity contribution in [2.45, 2.75) is 52.0 Å². The van der Waals surface area contributed by atoms with Crippen molar-refractivity contribution in [1.82, 2.24) is 0 Å². The van der Waals surface area contributed by atoms with Crippen LogP contribution in [0.3, 0.4) is 0 Å². The Morgan fingerprint density at radius 1 is 1.40 bits per heavy atom. The molecule has 108 valence electrons.